The first-order valence-corrected chi connectivity index (χ1v) is 9.41. The van der Waals surface area contributed by atoms with Crippen LogP contribution >= 0.6 is 67.8 Å². The van der Waals surface area contributed by atoms with Crippen molar-refractivity contribution in [2.24, 2.45) is 0 Å². The summed E-state index contributed by atoms with van der Waals surface area (Å²) >= 11 is 7.34. The van der Waals surface area contributed by atoms with Crippen molar-refractivity contribution in [1.82, 2.24) is 0 Å². The van der Waals surface area contributed by atoms with Gasteiger partial charge >= 0.3 is 0 Å². The maximum absolute atomic E-state index is 2.48. The molecule has 0 aliphatic heterocycles. The number of benzene rings is 2. The van der Waals surface area contributed by atoms with Crippen LogP contribution in [-0.4, -0.2) is 0 Å². The quantitative estimate of drug-likeness (QED) is 0.392. The first kappa shape index (κ1) is 16.0. The Labute approximate surface area is 156 Å². The lowest BCUT2D eigenvalue weighted by Crippen LogP contribution is -1.98. The molecule has 19 heavy (non-hydrogen) atoms. The largest absolute Gasteiger partial charge is 0.0587 e. The lowest BCUT2D eigenvalue weighted by Gasteiger charge is -2.09. The SMILES string of the molecule is Cc1ccc(CCc2ccc(C)c(I)c2I)cc1I. The molecule has 2 rings (SSSR count). The molecule has 0 N–H and O–H groups in total. The van der Waals surface area contributed by atoms with Crippen molar-refractivity contribution in [3.05, 3.63) is 63.3 Å². The molecule has 2 aromatic rings. The van der Waals surface area contributed by atoms with E-state index < -0.39 is 0 Å². The Balaban J connectivity index is 2.14. The summed E-state index contributed by atoms with van der Waals surface area (Å²) in [5.74, 6) is 0. The van der Waals surface area contributed by atoms with E-state index in [2.05, 4.69) is 112 Å². The normalized spacial score (nSPS) is 10.8. The Hall–Kier alpha value is 0.630. The molecule has 2 aromatic carbocycles. The summed E-state index contributed by atoms with van der Waals surface area (Å²) in [5.41, 5.74) is 5.63. The Morgan fingerprint density at radius 1 is 0.789 bits per heavy atom. The topological polar surface area (TPSA) is 0 Å². The molecule has 0 saturated heterocycles. The Kier molecular flexibility index (Phi) is 5.95. The average molecular weight is 588 g/mol. The number of hydrogen-bond acceptors (Lipinski definition) is 0. The minimum Gasteiger partial charge on any atom is -0.0587 e. The molecule has 0 heterocycles. The highest BCUT2D eigenvalue weighted by Crippen LogP contribution is 2.24. The van der Waals surface area contributed by atoms with E-state index in [-0.39, 0.29) is 0 Å². The van der Waals surface area contributed by atoms with Crippen LogP contribution < -0.4 is 0 Å². The van der Waals surface area contributed by atoms with Gasteiger partial charge in [0, 0.05) is 10.7 Å². The van der Waals surface area contributed by atoms with Gasteiger partial charge in [-0.05, 0) is 123 Å². The molecule has 3 heteroatoms. The van der Waals surface area contributed by atoms with Crippen LogP contribution in [0.1, 0.15) is 22.3 Å². The summed E-state index contributed by atoms with van der Waals surface area (Å²) in [7, 11) is 0. The zero-order valence-electron chi connectivity index (χ0n) is 10.9. The van der Waals surface area contributed by atoms with Crippen LogP contribution in [0, 0.1) is 24.6 Å². The van der Waals surface area contributed by atoms with E-state index in [9.17, 15) is 0 Å². The molecule has 0 amide bonds. The molecule has 0 aliphatic rings. The van der Waals surface area contributed by atoms with Gasteiger partial charge in [-0.3, -0.25) is 0 Å². The third-order valence-corrected chi connectivity index (χ3v) is 8.09. The van der Waals surface area contributed by atoms with Gasteiger partial charge in [-0.25, -0.2) is 0 Å². The number of rotatable bonds is 3. The lowest BCUT2D eigenvalue weighted by atomic mass is 10.0. The standard InChI is InChI=1S/C16H15I3/c1-10-3-5-12(9-14(10)17)6-8-13-7-4-11(2)15(18)16(13)19/h3-5,7,9H,6,8H2,1-2H3. The van der Waals surface area contributed by atoms with Crippen LogP contribution in [0.2, 0.25) is 0 Å². The third kappa shape index (κ3) is 4.06. The van der Waals surface area contributed by atoms with E-state index in [1.807, 2.05) is 0 Å². The predicted octanol–water partition coefficient (Wildman–Crippen LogP) is 5.90. The predicted molar refractivity (Wildman–Crippen MR) is 108 cm³/mol. The monoisotopic (exact) mass is 588 g/mol. The van der Waals surface area contributed by atoms with E-state index in [4.69, 9.17) is 0 Å². The van der Waals surface area contributed by atoms with Gasteiger partial charge in [-0.15, -0.1) is 0 Å². The second-order valence-electron chi connectivity index (χ2n) is 4.75. The fraction of sp³-hybridized carbons (Fsp3) is 0.250. The molecule has 0 radical (unpaired) electrons. The average Bonchev–Trinajstić information content (AvgIpc) is 2.39. The first-order chi connectivity index (χ1) is 8.99. The molecule has 0 saturated carbocycles. The summed E-state index contributed by atoms with van der Waals surface area (Å²) in [5, 5.41) is 0. The highest BCUT2D eigenvalue weighted by molar-refractivity contribution is 14.1. The van der Waals surface area contributed by atoms with Crippen molar-refractivity contribution in [3.63, 3.8) is 0 Å². The van der Waals surface area contributed by atoms with Gasteiger partial charge in [0.05, 0.1) is 0 Å². The van der Waals surface area contributed by atoms with Crippen molar-refractivity contribution in [1.29, 1.82) is 0 Å². The molecule has 0 spiro atoms. The number of halogens is 3. The highest BCUT2D eigenvalue weighted by atomic mass is 127. The fourth-order valence-electron chi connectivity index (χ4n) is 1.95. The van der Waals surface area contributed by atoms with Gasteiger partial charge in [0.25, 0.3) is 0 Å². The van der Waals surface area contributed by atoms with Gasteiger partial charge in [-0.2, -0.15) is 0 Å². The van der Waals surface area contributed by atoms with Crippen LogP contribution in [-0.2, 0) is 12.8 Å². The molecule has 0 nitrogen and oxygen atoms in total. The van der Waals surface area contributed by atoms with Gasteiger partial charge in [0.2, 0.25) is 0 Å². The minimum atomic E-state index is 1.12. The molecular formula is C16H15I3. The van der Waals surface area contributed by atoms with Gasteiger partial charge < -0.3 is 0 Å². The molecule has 0 atom stereocenters. The van der Waals surface area contributed by atoms with E-state index >= 15 is 0 Å². The Bertz CT molecular complexity index is 603. The van der Waals surface area contributed by atoms with Gasteiger partial charge in [0.15, 0.2) is 0 Å². The Morgan fingerprint density at radius 3 is 2.16 bits per heavy atom. The van der Waals surface area contributed by atoms with Crippen LogP contribution in [0.25, 0.3) is 0 Å². The summed E-state index contributed by atoms with van der Waals surface area (Å²) in [6.45, 7) is 4.34. The van der Waals surface area contributed by atoms with Crippen LogP contribution in [0.3, 0.4) is 0 Å². The maximum Gasteiger partial charge on any atom is 0.0298 e. The zero-order valence-corrected chi connectivity index (χ0v) is 17.4. The highest BCUT2D eigenvalue weighted by Gasteiger charge is 2.07. The molecule has 0 aromatic heterocycles. The summed E-state index contributed by atoms with van der Waals surface area (Å²) in [6, 6.07) is 11.3. The van der Waals surface area contributed by atoms with Crippen LogP contribution in [0.4, 0.5) is 0 Å². The molecule has 0 aliphatic carbocycles. The van der Waals surface area contributed by atoms with Crippen LogP contribution in [0.5, 0.6) is 0 Å². The van der Waals surface area contributed by atoms with E-state index in [0.717, 1.165) is 12.8 Å². The maximum atomic E-state index is 2.48. The van der Waals surface area contributed by atoms with Crippen molar-refractivity contribution >= 4 is 67.8 Å². The van der Waals surface area contributed by atoms with Crippen molar-refractivity contribution in [2.75, 3.05) is 0 Å². The number of aryl methyl sites for hydroxylation is 4. The first-order valence-electron chi connectivity index (χ1n) is 6.17. The molecular weight excluding hydrogens is 573 g/mol. The van der Waals surface area contributed by atoms with Crippen molar-refractivity contribution in [2.45, 2.75) is 26.7 Å². The zero-order chi connectivity index (χ0) is 14.0. The molecule has 100 valence electrons. The third-order valence-electron chi connectivity index (χ3n) is 3.27. The second-order valence-corrected chi connectivity index (χ2v) is 8.07. The lowest BCUT2D eigenvalue weighted by molar-refractivity contribution is 0.948. The molecule has 0 bridgehead atoms. The fourth-order valence-corrected chi connectivity index (χ4v) is 3.93. The van der Waals surface area contributed by atoms with Crippen molar-refractivity contribution in [3.8, 4) is 0 Å². The summed E-state index contributed by atoms with van der Waals surface area (Å²) in [6.07, 6.45) is 2.24. The molecule has 0 unspecified atom stereocenters. The summed E-state index contributed by atoms with van der Waals surface area (Å²) < 4.78 is 4.18. The van der Waals surface area contributed by atoms with Gasteiger partial charge in [0.1, 0.15) is 0 Å². The smallest absolute Gasteiger partial charge is 0.0298 e. The Morgan fingerprint density at radius 2 is 1.47 bits per heavy atom. The molecule has 0 fully saturated rings. The van der Waals surface area contributed by atoms with Gasteiger partial charge in [-0.1, -0.05) is 24.3 Å². The summed E-state index contributed by atoms with van der Waals surface area (Å²) in [4.78, 5) is 0. The number of hydrogen-bond donors (Lipinski definition) is 0. The van der Waals surface area contributed by atoms with E-state index in [1.165, 1.54) is 33.0 Å². The van der Waals surface area contributed by atoms with E-state index in [1.54, 1.807) is 0 Å². The van der Waals surface area contributed by atoms with E-state index in [0.29, 0.717) is 0 Å². The van der Waals surface area contributed by atoms with Crippen molar-refractivity contribution < 1.29 is 0 Å². The van der Waals surface area contributed by atoms with Crippen LogP contribution in [0.15, 0.2) is 30.3 Å². The minimum absolute atomic E-state index is 1.12. The second kappa shape index (κ2) is 7.06.